The van der Waals surface area contributed by atoms with Crippen LogP contribution in [0.4, 0.5) is 4.39 Å². The molecule has 2 atom stereocenters. The van der Waals surface area contributed by atoms with Crippen LogP contribution < -0.4 is 5.32 Å². The molecular weight excluding hydrogens is 265 g/mol. The van der Waals surface area contributed by atoms with E-state index in [1.165, 1.54) is 6.07 Å². The highest BCUT2D eigenvalue weighted by Gasteiger charge is 2.26. The first kappa shape index (κ1) is 14.8. The number of hydrogen-bond acceptors (Lipinski definition) is 2. The Labute approximate surface area is 119 Å². The van der Waals surface area contributed by atoms with Crippen LogP contribution in [0.3, 0.4) is 0 Å². The van der Waals surface area contributed by atoms with E-state index < -0.39 is 0 Å². The smallest absolute Gasteiger partial charge is 0.142 e. The summed E-state index contributed by atoms with van der Waals surface area (Å²) in [6, 6.07) is 5.33. The van der Waals surface area contributed by atoms with E-state index in [1.54, 1.807) is 6.07 Å². The summed E-state index contributed by atoms with van der Waals surface area (Å²) in [5.41, 5.74) is 0.877. The van der Waals surface area contributed by atoms with E-state index in [9.17, 15) is 4.39 Å². The van der Waals surface area contributed by atoms with Gasteiger partial charge in [0, 0.05) is 18.6 Å². The van der Waals surface area contributed by atoms with Crippen molar-refractivity contribution in [3.63, 3.8) is 0 Å². The molecule has 2 nitrogen and oxygen atoms in total. The van der Waals surface area contributed by atoms with Crippen molar-refractivity contribution in [2.24, 2.45) is 5.92 Å². The lowest BCUT2D eigenvalue weighted by Gasteiger charge is -2.24. The molecule has 1 saturated heterocycles. The van der Waals surface area contributed by atoms with Crippen LogP contribution in [0.1, 0.15) is 25.3 Å². The Kier molecular flexibility index (Phi) is 5.61. The van der Waals surface area contributed by atoms with Gasteiger partial charge in [0.25, 0.3) is 0 Å². The monoisotopic (exact) mass is 285 g/mol. The molecule has 1 heterocycles. The van der Waals surface area contributed by atoms with Crippen molar-refractivity contribution in [3.05, 3.63) is 34.6 Å². The van der Waals surface area contributed by atoms with Crippen LogP contribution in [0.25, 0.3) is 0 Å². The Morgan fingerprint density at radius 3 is 3.05 bits per heavy atom. The Balaban J connectivity index is 2.07. The van der Waals surface area contributed by atoms with Crippen LogP contribution >= 0.6 is 11.6 Å². The molecule has 0 bridgehead atoms. The van der Waals surface area contributed by atoms with Gasteiger partial charge in [0.1, 0.15) is 5.82 Å². The van der Waals surface area contributed by atoms with E-state index >= 15 is 0 Å². The highest BCUT2D eigenvalue weighted by molar-refractivity contribution is 6.31. The van der Waals surface area contributed by atoms with Crippen LogP contribution in [-0.4, -0.2) is 25.8 Å². The average molecular weight is 286 g/mol. The molecule has 0 aliphatic carbocycles. The van der Waals surface area contributed by atoms with Crippen LogP contribution in [0.2, 0.25) is 5.02 Å². The number of ether oxygens (including phenoxy) is 1. The maximum absolute atomic E-state index is 13.5. The predicted molar refractivity (Wildman–Crippen MR) is 76.1 cm³/mol. The Hall–Kier alpha value is -0.640. The van der Waals surface area contributed by atoms with Gasteiger partial charge < -0.3 is 10.1 Å². The summed E-state index contributed by atoms with van der Waals surface area (Å²) in [6.07, 6.45) is 2.90. The zero-order valence-electron chi connectivity index (χ0n) is 11.3. The molecule has 0 spiro atoms. The third kappa shape index (κ3) is 3.91. The fraction of sp³-hybridized carbons (Fsp3) is 0.600. The Bertz CT molecular complexity index is 407. The normalized spacial score (nSPS) is 20.7. The van der Waals surface area contributed by atoms with Crippen LogP contribution in [0, 0.1) is 11.7 Å². The van der Waals surface area contributed by atoms with Gasteiger partial charge in [-0.05, 0) is 37.4 Å². The maximum atomic E-state index is 13.5. The van der Waals surface area contributed by atoms with Gasteiger partial charge in [-0.2, -0.15) is 0 Å². The van der Waals surface area contributed by atoms with Gasteiger partial charge in [0.05, 0.1) is 11.6 Å². The second kappa shape index (κ2) is 7.22. The summed E-state index contributed by atoms with van der Waals surface area (Å²) in [6.45, 7) is 4.72. The molecule has 1 fully saturated rings. The van der Waals surface area contributed by atoms with E-state index in [4.69, 9.17) is 16.3 Å². The van der Waals surface area contributed by atoms with E-state index in [-0.39, 0.29) is 10.8 Å². The van der Waals surface area contributed by atoms with Gasteiger partial charge in [-0.3, -0.25) is 0 Å². The molecule has 19 heavy (non-hydrogen) atoms. The molecule has 0 radical (unpaired) electrons. The SMILES string of the molecule is CCCNC(Cc1cccc(F)c1Cl)C1CCOC1. The minimum Gasteiger partial charge on any atom is -0.381 e. The third-order valence-electron chi connectivity index (χ3n) is 3.66. The first-order chi connectivity index (χ1) is 9.22. The summed E-state index contributed by atoms with van der Waals surface area (Å²) >= 11 is 6.04. The number of rotatable bonds is 6. The van der Waals surface area contributed by atoms with E-state index in [2.05, 4.69) is 12.2 Å². The zero-order chi connectivity index (χ0) is 13.7. The molecule has 2 rings (SSSR count). The zero-order valence-corrected chi connectivity index (χ0v) is 12.0. The summed E-state index contributed by atoms with van der Waals surface area (Å²) in [5.74, 6) is 0.155. The van der Waals surface area contributed by atoms with Crippen molar-refractivity contribution in [2.45, 2.75) is 32.2 Å². The summed E-state index contributed by atoms with van der Waals surface area (Å²) in [4.78, 5) is 0. The van der Waals surface area contributed by atoms with Crippen molar-refractivity contribution in [1.29, 1.82) is 0 Å². The lowest BCUT2D eigenvalue weighted by atomic mass is 9.92. The van der Waals surface area contributed by atoms with Crippen molar-refractivity contribution in [3.8, 4) is 0 Å². The minimum absolute atomic E-state index is 0.254. The van der Waals surface area contributed by atoms with Crippen LogP contribution in [0.15, 0.2) is 18.2 Å². The van der Waals surface area contributed by atoms with Gasteiger partial charge in [0.2, 0.25) is 0 Å². The second-order valence-corrected chi connectivity index (χ2v) is 5.48. The molecular formula is C15H21ClFNO. The van der Waals surface area contributed by atoms with Gasteiger partial charge >= 0.3 is 0 Å². The van der Waals surface area contributed by atoms with Gasteiger partial charge in [0.15, 0.2) is 0 Å². The number of hydrogen-bond donors (Lipinski definition) is 1. The largest absolute Gasteiger partial charge is 0.381 e. The number of halogens is 2. The second-order valence-electron chi connectivity index (χ2n) is 5.10. The lowest BCUT2D eigenvalue weighted by molar-refractivity contribution is 0.176. The standard InChI is InChI=1S/C15H21ClFNO/c1-2-7-18-14(12-6-8-19-10-12)9-11-4-3-5-13(17)15(11)16/h3-5,12,14,18H,2,6-10H2,1H3. The topological polar surface area (TPSA) is 21.3 Å². The molecule has 1 N–H and O–H groups in total. The Morgan fingerprint density at radius 1 is 1.53 bits per heavy atom. The van der Waals surface area contributed by atoms with E-state index in [0.717, 1.165) is 44.6 Å². The fourth-order valence-electron chi connectivity index (χ4n) is 2.55. The molecule has 1 aliphatic heterocycles. The predicted octanol–water partition coefficient (Wildman–Crippen LogP) is 3.43. The van der Waals surface area contributed by atoms with Gasteiger partial charge in [-0.25, -0.2) is 4.39 Å². The van der Waals surface area contributed by atoms with Crippen molar-refractivity contribution in [2.75, 3.05) is 19.8 Å². The highest BCUT2D eigenvalue weighted by Crippen LogP contribution is 2.25. The van der Waals surface area contributed by atoms with Crippen LogP contribution in [0.5, 0.6) is 0 Å². The maximum Gasteiger partial charge on any atom is 0.142 e. The van der Waals surface area contributed by atoms with Gasteiger partial charge in [-0.15, -0.1) is 0 Å². The molecule has 1 aromatic carbocycles. The van der Waals surface area contributed by atoms with E-state index in [0.29, 0.717) is 12.0 Å². The fourth-order valence-corrected chi connectivity index (χ4v) is 2.75. The third-order valence-corrected chi connectivity index (χ3v) is 4.09. The molecule has 0 saturated carbocycles. The van der Waals surface area contributed by atoms with Crippen molar-refractivity contribution in [1.82, 2.24) is 5.32 Å². The molecule has 4 heteroatoms. The first-order valence-corrected chi connectivity index (χ1v) is 7.34. The first-order valence-electron chi connectivity index (χ1n) is 6.96. The molecule has 2 unspecified atom stereocenters. The summed E-state index contributed by atoms with van der Waals surface area (Å²) in [5, 5.41) is 3.80. The van der Waals surface area contributed by atoms with Gasteiger partial charge in [-0.1, -0.05) is 30.7 Å². The lowest BCUT2D eigenvalue weighted by Crippen LogP contribution is -2.39. The summed E-state index contributed by atoms with van der Waals surface area (Å²) in [7, 11) is 0. The molecule has 0 amide bonds. The molecule has 1 aliphatic rings. The summed E-state index contributed by atoms with van der Waals surface area (Å²) < 4.78 is 18.9. The molecule has 1 aromatic rings. The van der Waals surface area contributed by atoms with Crippen molar-refractivity contribution < 1.29 is 9.13 Å². The Morgan fingerprint density at radius 2 is 2.37 bits per heavy atom. The number of benzene rings is 1. The minimum atomic E-state index is -0.337. The van der Waals surface area contributed by atoms with Crippen molar-refractivity contribution >= 4 is 11.6 Å². The quantitative estimate of drug-likeness (QED) is 0.865. The van der Waals surface area contributed by atoms with E-state index in [1.807, 2.05) is 6.07 Å². The average Bonchev–Trinajstić information content (AvgIpc) is 2.93. The van der Waals surface area contributed by atoms with Crippen LogP contribution in [-0.2, 0) is 11.2 Å². The highest BCUT2D eigenvalue weighted by atomic mass is 35.5. The number of nitrogens with one attached hydrogen (secondary N) is 1. The molecule has 106 valence electrons. The molecule has 0 aromatic heterocycles.